The third kappa shape index (κ3) is 1.58. The highest BCUT2D eigenvalue weighted by molar-refractivity contribution is 5.76. The highest BCUT2D eigenvalue weighted by atomic mass is 16.5. The molecular weight excluding hydrogens is 216 g/mol. The number of carbonyl (C=O) groups excluding carboxylic acids is 1. The van der Waals surface area contributed by atoms with Gasteiger partial charge in [-0.25, -0.2) is 0 Å². The molecule has 0 spiro atoms. The van der Waals surface area contributed by atoms with Gasteiger partial charge in [0.1, 0.15) is 5.76 Å². The number of amides is 1. The van der Waals surface area contributed by atoms with Gasteiger partial charge in [-0.1, -0.05) is 19.0 Å². The zero-order valence-electron chi connectivity index (χ0n) is 10.3. The molecule has 1 saturated heterocycles. The maximum atomic E-state index is 11.5. The van der Waals surface area contributed by atoms with E-state index < -0.39 is 0 Å². The maximum Gasteiger partial charge on any atom is 0.220 e. The van der Waals surface area contributed by atoms with Gasteiger partial charge in [-0.05, 0) is 24.7 Å². The second-order valence-electron chi connectivity index (χ2n) is 5.82. The van der Waals surface area contributed by atoms with E-state index in [2.05, 4.69) is 24.3 Å². The molecule has 2 atom stereocenters. The quantitative estimate of drug-likeness (QED) is 0.742. The third-order valence-corrected chi connectivity index (χ3v) is 4.45. The number of rotatable bonds is 0. The van der Waals surface area contributed by atoms with Crippen LogP contribution in [0, 0.1) is 11.8 Å². The van der Waals surface area contributed by atoms with Crippen molar-refractivity contribution in [3.05, 3.63) is 17.5 Å². The first-order chi connectivity index (χ1) is 8.09. The Balaban J connectivity index is 2.00. The number of hydrogen-bond donors (Lipinski definition) is 1. The van der Waals surface area contributed by atoms with Crippen molar-refractivity contribution in [2.45, 2.75) is 38.5 Å². The molecule has 1 aromatic rings. The molecule has 92 valence electrons. The van der Waals surface area contributed by atoms with Gasteiger partial charge in [0.2, 0.25) is 5.91 Å². The summed E-state index contributed by atoms with van der Waals surface area (Å²) in [6.45, 7) is 5.21. The fourth-order valence-electron chi connectivity index (χ4n) is 3.55. The number of nitrogens with one attached hydrogen (secondary N) is 1. The van der Waals surface area contributed by atoms with E-state index in [0.29, 0.717) is 18.3 Å². The average Bonchev–Trinajstić information content (AvgIpc) is 2.65. The second kappa shape index (κ2) is 3.59. The SMILES string of the molecule is CC1(C)c2oncc2CC2CNC(=O)CCC21. The van der Waals surface area contributed by atoms with Gasteiger partial charge in [-0.3, -0.25) is 4.79 Å². The maximum absolute atomic E-state index is 11.5. The number of hydrogen-bond acceptors (Lipinski definition) is 3. The summed E-state index contributed by atoms with van der Waals surface area (Å²) in [7, 11) is 0. The van der Waals surface area contributed by atoms with Crippen LogP contribution >= 0.6 is 0 Å². The molecule has 1 aromatic heterocycles. The molecule has 1 fully saturated rings. The molecule has 1 amide bonds. The Kier molecular flexibility index (Phi) is 2.28. The number of aromatic nitrogens is 1. The Labute approximate surface area is 101 Å². The summed E-state index contributed by atoms with van der Waals surface area (Å²) in [6.07, 6.45) is 4.39. The standard InChI is InChI=1S/C13H18N2O2/c1-13(2)10-3-4-11(16)14-6-8(10)5-9-7-15-17-12(9)13/h7-8,10H,3-6H2,1-2H3,(H,14,16). The van der Waals surface area contributed by atoms with E-state index in [4.69, 9.17) is 4.52 Å². The summed E-state index contributed by atoms with van der Waals surface area (Å²) >= 11 is 0. The van der Waals surface area contributed by atoms with E-state index in [1.807, 2.05) is 6.20 Å². The first-order valence-corrected chi connectivity index (χ1v) is 6.30. The van der Waals surface area contributed by atoms with Crippen molar-refractivity contribution in [1.29, 1.82) is 0 Å². The fourth-order valence-corrected chi connectivity index (χ4v) is 3.55. The van der Waals surface area contributed by atoms with Gasteiger partial charge in [-0.15, -0.1) is 0 Å². The smallest absolute Gasteiger partial charge is 0.220 e. The summed E-state index contributed by atoms with van der Waals surface area (Å²) in [5, 5.41) is 6.95. The Morgan fingerprint density at radius 2 is 2.35 bits per heavy atom. The second-order valence-corrected chi connectivity index (χ2v) is 5.82. The molecule has 1 N–H and O–H groups in total. The molecule has 0 aromatic carbocycles. The van der Waals surface area contributed by atoms with Gasteiger partial charge in [0.05, 0.1) is 6.20 Å². The highest BCUT2D eigenvalue weighted by Gasteiger charge is 2.46. The Hall–Kier alpha value is -1.32. The topological polar surface area (TPSA) is 55.1 Å². The van der Waals surface area contributed by atoms with Gasteiger partial charge in [0.15, 0.2) is 0 Å². The van der Waals surface area contributed by atoms with Crippen LogP contribution in [0.15, 0.2) is 10.7 Å². The summed E-state index contributed by atoms with van der Waals surface area (Å²) in [5.74, 6) is 2.23. The molecule has 4 heteroatoms. The molecule has 0 saturated carbocycles. The Morgan fingerprint density at radius 1 is 1.53 bits per heavy atom. The molecule has 1 aliphatic carbocycles. The van der Waals surface area contributed by atoms with E-state index >= 15 is 0 Å². The Morgan fingerprint density at radius 3 is 3.18 bits per heavy atom. The first kappa shape index (κ1) is 10.8. The lowest BCUT2D eigenvalue weighted by Gasteiger charge is -2.41. The fraction of sp³-hybridized carbons (Fsp3) is 0.692. The molecular formula is C13H18N2O2. The van der Waals surface area contributed by atoms with Crippen LogP contribution < -0.4 is 5.32 Å². The number of carbonyl (C=O) groups is 1. The zero-order valence-corrected chi connectivity index (χ0v) is 10.3. The molecule has 3 rings (SSSR count). The first-order valence-electron chi connectivity index (χ1n) is 6.30. The summed E-state index contributed by atoms with van der Waals surface area (Å²) < 4.78 is 5.43. The minimum atomic E-state index is -0.0128. The summed E-state index contributed by atoms with van der Waals surface area (Å²) in [6, 6.07) is 0. The van der Waals surface area contributed by atoms with E-state index in [0.717, 1.165) is 25.1 Å². The van der Waals surface area contributed by atoms with E-state index in [1.54, 1.807) is 0 Å². The summed E-state index contributed by atoms with van der Waals surface area (Å²) in [5.41, 5.74) is 1.20. The molecule has 0 radical (unpaired) electrons. The van der Waals surface area contributed by atoms with E-state index in [1.165, 1.54) is 5.56 Å². The lowest BCUT2D eigenvalue weighted by Crippen LogP contribution is -2.42. The lowest BCUT2D eigenvalue weighted by atomic mass is 9.62. The predicted molar refractivity (Wildman–Crippen MR) is 62.5 cm³/mol. The van der Waals surface area contributed by atoms with Gasteiger partial charge in [0, 0.05) is 23.9 Å². The summed E-state index contributed by atoms with van der Waals surface area (Å²) in [4.78, 5) is 11.5. The van der Waals surface area contributed by atoms with Crippen molar-refractivity contribution < 1.29 is 9.32 Å². The monoisotopic (exact) mass is 234 g/mol. The lowest BCUT2D eigenvalue weighted by molar-refractivity contribution is -0.120. The molecule has 2 heterocycles. The highest BCUT2D eigenvalue weighted by Crippen LogP contribution is 2.46. The van der Waals surface area contributed by atoms with Crippen molar-refractivity contribution in [3.63, 3.8) is 0 Å². The van der Waals surface area contributed by atoms with E-state index in [-0.39, 0.29) is 11.3 Å². The van der Waals surface area contributed by atoms with Crippen molar-refractivity contribution in [2.24, 2.45) is 11.8 Å². The third-order valence-electron chi connectivity index (χ3n) is 4.45. The van der Waals surface area contributed by atoms with E-state index in [9.17, 15) is 4.79 Å². The molecule has 2 aliphatic rings. The van der Waals surface area contributed by atoms with Gasteiger partial charge < -0.3 is 9.84 Å². The molecule has 4 nitrogen and oxygen atoms in total. The van der Waals surface area contributed by atoms with Crippen LogP contribution in [-0.2, 0) is 16.6 Å². The number of nitrogens with zero attached hydrogens (tertiary/aromatic N) is 1. The van der Waals surface area contributed by atoms with Crippen LogP contribution in [0.4, 0.5) is 0 Å². The van der Waals surface area contributed by atoms with Crippen LogP contribution in [0.25, 0.3) is 0 Å². The largest absolute Gasteiger partial charge is 0.361 e. The average molecular weight is 234 g/mol. The van der Waals surface area contributed by atoms with Crippen LogP contribution in [-0.4, -0.2) is 17.6 Å². The Bertz CT molecular complexity index is 450. The normalized spacial score (nSPS) is 31.1. The molecule has 1 aliphatic heterocycles. The van der Waals surface area contributed by atoms with Crippen LogP contribution in [0.1, 0.15) is 38.0 Å². The molecule has 2 unspecified atom stereocenters. The minimum absolute atomic E-state index is 0.0128. The van der Waals surface area contributed by atoms with Crippen LogP contribution in [0.2, 0.25) is 0 Å². The van der Waals surface area contributed by atoms with Gasteiger partial charge in [-0.2, -0.15) is 0 Å². The van der Waals surface area contributed by atoms with Gasteiger partial charge >= 0.3 is 0 Å². The van der Waals surface area contributed by atoms with Gasteiger partial charge in [0.25, 0.3) is 0 Å². The molecule has 17 heavy (non-hydrogen) atoms. The predicted octanol–water partition coefficient (Wildman–Crippen LogP) is 1.65. The van der Waals surface area contributed by atoms with Crippen LogP contribution in [0.5, 0.6) is 0 Å². The van der Waals surface area contributed by atoms with Crippen molar-refractivity contribution in [2.75, 3.05) is 6.54 Å². The molecule has 0 bridgehead atoms. The van der Waals surface area contributed by atoms with Crippen molar-refractivity contribution >= 4 is 5.91 Å². The minimum Gasteiger partial charge on any atom is -0.361 e. The van der Waals surface area contributed by atoms with Crippen LogP contribution in [0.3, 0.4) is 0 Å². The number of fused-ring (bicyclic) bond motifs is 2. The van der Waals surface area contributed by atoms with Crippen molar-refractivity contribution in [3.8, 4) is 0 Å². The zero-order chi connectivity index (χ0) is 12.0. The van der Waals surface area contributed by atoms with Crippen molar-refractivity contribution in [1.82, 2.24) is 10.5 Å².